The Morgan fingerprint density at radius 3 is 2.90 bits per heavy atom. The fourth-order valence-electron chi connectivity index (χ4n) is 2.05. The molecule has 0 atom stereocenters. The van der Waals surface area contributed by atoms with Crippen LogP contribution >= 0.6 is 11.5 Å². The van der Waals surface area contributed by atoms with Crippen molar-refractivity contribution in [3.8, 4) is 11.4 Å². The average Bonchev–Trinajstić information content (AvgIpc) is 2.88. The van der Waals surface area contributed by atoms with E-state index in [4.69, 9.17) is 0 Å². The Bertz CT molecular complexity index is 863. The van der Waals surface area contributed by atoms with E-state index in [1.165, 1.54) is 4.57 Å². The average molecular weight is 288 g/mol. The number of hydrogen-bond acceptors (Lipinski definition) is 5. The second kappa shape index (κ2) is 5.01. The van der Waals surface area contributed by atoms with Gasteiger partial charge in [0.1, 0.15) is 10.4 Å². The summed E-state index contributed by atoms with van der Waals surface area (Å²) >= 11 is 1.09. The Morgan fingerprint density at radius 2 is 2.20 bits per heavy atom. The SMILES string of the molecule is CCCn1c(=O)[nH]c2c(-c3ccccn3)nsc2c1=O. The van der Waals surface area contributed by atoms with Gasteiger partial charge in [-0.05, 0) is 30.1 Å². The maximum atomic E-state index is 12.3. The van der Waals surface area contributed by atoms with Crippen LogP contribution in [0.4, 0.5) is 0 Å². The van der Waals surface area contributed by atoms with Gasteiger partial charge >= 0.3 is 5.69 Å². The Kier molecular flexibility index (Phi) is 3.19. The van der Waals surface area contributed by atoms with E-state index in [1.54, 1.807) is 18.3 Å². The van der Waals surface area contributed by atoms with Crippen molar-refractivity contribution >= 4 is 21.7 Å². The molecule has 0 fully saturated rings. The van der Waals surface area contributed by atoms with Gasteiger partial charge in [0.2, 0.25) is 0 Å². The van der Waals surface area contributed by atoms with Gasteiger partial charge in [-0.3, -0.25) is 14.3 Å². The molecule has 0 aliphatic carbocycles. The van der Waals surface area contributed by atoms with E-state index in [9.17, 15) is 9.59 Å². The van der Waals surface area contributed by atoms with Crippen LogP contribution in [-0.4, -0.2) is 18.9 Å². The Hall–Kier alpha value is -2.28. The van der Waals surface area contributed by atoms with Crippen LogP contribution in [0.15, 0.2) is 34.0 Å². The third-order valence-electron chi connectivity index (χ3n) is 2.96. The lowest BCUT2D eigenvalue weighted by Crippen LogP contribution is -2.34. The highest BCUT2D eigenvalue weighted by Crippen LogP contribution is 2.24. The smallest absolute Gasteiger partial charge is 0.304 e. The van der Waals surface area contributed by atoms with Crippen LogP contribution in [0.5, 0.6) is 0 Å². The van der Waals surface area contributed by atoms with Crippen molar-refractivity contribution in [3.63, 3.8) is 0 Å². The summed E-state index contributed by atoms with van der Waals surface area (Å²) in [7, 11) is 0. The molecule has 0 unspecified atom stereocenters. The highest BCUT2D eigenvalue weighted by Gasteiger charge is 2.15. The van der Waals surface area contributed by atoms with Crippen molar-refractivity contribution in [2.75, 3.05) is 0 Å². The lowest BCUT2D eigenvalue weighted by molar-refractivity contribution is 0.624. The molecule has 0 aromatic carbocycles. The molecule has 0 bridgehead atoms. The number of rotatable bonds is 3. The van der Waals surface area contributed by atoms with Crippen molar-refractivity contribution in [2.45, 2.75) is 19.9 Å². The standard InChI is InChI=1S/C13H12N4O2S/c1-2-7-17-12(18)11-10(15-13(17)19)9(16-20-11)8-5-3-4-6-14-8/h3-6H,2,7H2,1H3,(H,15,19). The van der Waals surface area contributed by atoms with E-state index in [0.29, 0.717) is 28.1 Å². The molecule has 1 N–H and O–H groups in total. The predicted octanol–water partition coefficient (Wildman–Crippen LogP) is 1.62. The molecule has 0 spiro atoms. The summed E-state index contributed by atoms with van der Waals surface area (Å²) in [6.45, 7) is 2.32. The molecule has 3 rings (SSSR count). The third-order valence-corrected chi connectivity index (χ3v) is 3.80. The second-order valence-electron chi connectivity index (χ2n) is 4.34. The van der Waals surface area contributed by atoms with Gasteiger partial charge in [-0.1, -0.05) is 13.0 Å². The molecule has 3 aromatic heterocycles. The van der Waals surface area contributed by atoms with Crippen LogP contribution in [-0.2, 0) is 6.54 Å². The molecule has 0 radical (unpaired) electrons. The van der Waals surface area contributed by atoms with E-state index < -0.39 is 5.69 Å². The zero-order valence-corrected chi connectivity index (χ0v) is 11.6. The maximum Gasteiger partial charge on any atom is 0.328 e. The minimum atomic E-state index is -0.401. The molecule has 0 saturated heterocycles. The van der Waals surface area contributed by atoms with E-state index >= 15 is 0 Å². The summed E-state index contributed by atoms with van der Waals surface area (Å²) in [5.41, 5.74) is 0.966. The van der Waals surface area contributed by atoms with E-state index in [2.05, 4.69) is 14.3 Å². The quantitative estimate of drug-likeness (QED) is 0.794. The number of fused-ring (bicyclic) bond motifs is 1. The van der Waals surface area contributed by atoms with Crippen molar-refractivity contribution in [1.29, 1.82) is 0 Å². The number of aromatic amines is 1. The Balaban J connectivity index is 2.30. The summed E-state index contributed by atoms with van der Waals surface area (Å²) in [5.74, 6) is 0. The molecular weight excluding hydrogens is 276 g/mol. The molecule has 20 heavy (non-hydrogen) atoms. The lowest BCUT2D eigenvalue weighted by atomic mass is 10.2. The summed E-state index contributed by atoms with van der Waals surface area (Å²) < 4.78 is 5.93. The van der Waals surface area contributed by atoms with Crippen LogP contribution in [0.1, 0.15) is 13.3 Å². The number of nitrogens with zero attached hydrogens (tertiary/aromatic N) is 3. The normalized spacial score (nSPS) is 11.1. The first-order valence-corrected chi connectivity index (χ1v) is 7.03. The Labute approximate surface area is 117 Å². The molecule has 0 amide bonds. The first-order valence-electron chi connectivity index (χ1n) is 6.26. The molecule has 3 aromatic rings. The molecular formula is C13H12N4O2S. The molecule has 102 valence electrons. The number of nitrogens with one attached hydrogen (secondary N) is 1. The van der Waals surface area contributed by atoms with Gasteiger partial charge in [0.05, 0.1) is 11.2 Å². The monoisotopic (exact) mass is 288 g/mol. The van der Waals surface area contributed by atoms with Crippen molar-refractivity contribution in [1.82, 2.24) is 18.9 Å². The highest BCUT2D eigenvalue weighted by atomic mass is 32.1. The van der Waals surface area contributed by atoms with Gasteiger partial charge in [-0.25, -0.2) is 4.79 Å². The van der Waals surface area contributed by atoms with Gasteiger partial charge in [-0.2, -0.15) is 4.37 Å². The molecule has 0 saturated carbocycles. The van der Waals surface area contributed by atoms with Gasteiger partial charge < -0.3 is 4.98 Å². The number of hydrogen-bond donors (Lipinski definition) is 1. The summed E-state index contributed by atoms with van der Waals surface area (Å²) in [5, 5.41) is 0. The van der Waals surface area contributed by atoms with Crippen molar-refractivity contribution in [2.24, 2.45) is 0 Å². The third kappa shape index (κ3) is 1.96. The van der Waals surface area contributed by atoms with Crippen LogP contribution in [0.25, 0.3) is 21.6 Å². The van der Waals surface area contributed by atoms with Crippen molar-refractivity contribution in [3.05, 3.63) is 45.2 Å². The maximum absolute atomic E-state index is 12.3. The van der Waals surface area contributed by atoms with Gasteiger partial charge in [0.25, 0.3) is 5.56 Å². The van der Waals surface area contributed by atoms with Crippen LogP contribution in [0.3, 0.4) is 0 Å². The van der Waals surface area contributed by atoms with E-state index in [0.717, 1.165) is 18.0 Å². The van der Waals surface area contributed by atoms with Crippen LogP contribution in [0.2, 0.25) is 0 Å². The zero-order valence-electron chi connectivity index (χ0n) is 10.8. The van der Waals surface area contributed by atoms with E-state index in [-0.39, 0.29) is 5.56 Å². The van der Waals surface area contributed by atoms with Gasteiger partial charge in [-0.15, -0.1) is 0 Å². The molecule has 0 aliphatic heterocycles. The van der Waals surface area contributed by atoms with Crippen molar-refractivity contribution < 1.29 is 0 Å². The predicted molar refractivity (Wildman–Crippen MR) is 78.0 cm³/mol. The molecule has 3 heterocycles. The fourth-order valence-corrected chi connectivity index (χ4v) is 2.84. The molecule has 6 nitrogen and oxygen atoms in total. The first kappa shape index (κ1) is 12.7. The summed E-state index contributed by atoms with van der Waals surface area (Å²) in [4.78, 5) is 31.2. The Morgan fingerprint density at radius 1 is 1.35 bits per heavy atom. The first-order chi connectivity index (χ1) is 9.72. The summed E-state index contributed by atoms with van der Waals surface area (Å²) in [6, 6.07) is 5.43. The minimum absolute atomic E-state index is 0.287. The zero-order chi connectivity index (χ0) is 14.1. The minimum Gasteiger partial charge on any atom is -0.304 e. The number of aromatic nitrogens is 4. The fraction of sp³-hybridized carbons (Fsp3) is 0.231. The number of pyridine rings is 1. The van der Waals surface area contributed by atoms with E-state index in [1.807, 2.05) is 13.0 Å². The largest absolute Gasteiger partial charge is 0.328 e. The molecule has 7 heteroatoms. The summed E-state index contributed by atoms with van der Waals surface area (Å²) in [6.07, 6.45) is 2.37. The van der Waals surface area contributed by atoms with Crippen LogP contribution < -0.4 is 11.2 Å². The highest BCUT2D eigenvalue weighted by molar-refractivity contribution is 7.13. The molecule has 0 aliphatic rings. The second-order valence-corrected chi connectivity index (χ2v) is 5.11. The van der Waals surface area contributed by atoms with Gasteiger partial charge in [0.15, 0.2) is 0 Å². The van der Waals surface area contributed by atoms with Crippen LogP contribution in [0, 0.1) is 0 Å². The topological polar surface area (TPSA) is 80.6 Å². The lowest BCUT2D eigenvalue weighted by Gasteiger charge is -2.02. The van der Waals surface area contributed by atoms with Gasteiger partial charge in [0, 0.05) is 12.7 Å². The number of H-pyrrole nitrogens is 1.